The Morgan fingerprint density at radius 1 is 1.07 bits per heavy atom. The average Bonchev–Trinajstić information content (AvgIpc) is 3.14. The van der Waals surface area contributed by atoms with E-state index >= 15 is 0 Å². The van der Waals surface area contributed by atoms with Crippen LogP contribution in [0.5, 0.6) is 0 Å². The van der Waals surface area contributed by atoms with Gasteiger partial charge in [0.2, 0.25) is 10.0 Å². The Hall–Kier alpha value is -2.84. The van der Waals surface area contributed by atoms with Crippen LogP contribution >= 0.6 is 0 Å². The Morgan fingerprint density at radius 2 is 1.82 bits per heavy atom. The molecule has 4 N–H and O–H groups in total. The maximum atomic E-state index is 11.8. The van der Waals surface area contributed by atoms with E-state index in [2.05, 4.69) is 37.5 Å². The van der Waals surface area contributed by atoms with Crippen LogP contribution in [0.15, 0.2) is 64.6 Å². The van der Waals surface area contributed by atoms with E-state index in [9.17, 15) is 8.42 Å². The molecule has 148 valence electrons. The molecule has 0 radical (unpaired) electrons. The third-order valence-electron chi connectivity index (χ3n) is 4.55. The number of fused-ring (bicyclic) bond motifs is 1. The van der Waals surface area contributed by atoms with Gasteiger partial charge in [-0.15, -0.1) is 0 Å². The summed E-state index contributed by atoms with van der Waals surface area (Å²) in [4.78, 5) is 7.77. The molecule has 0 fully saturated rings. The fourth-order valence-corrected chi connectivity index (χ4v) is 3.69. The highest BCUT2D eigenvalue weighted by Gasteiger charge is 2.10. The number of aliphatic imine (C=N–C) groups is 1. The summed E-state index contributed by atoms with van der Waals surface area (Å²) in [5, 5.41) is 7.79. The van der Waals surface area contributed by atoms with Gasteiger partial charge in [-0.2, -0.15) is 0 Å². The summed E-state index contributed by atoms with van der Waals surface area (Å²) in [5.41, 5.74) is 3.37. The van der Waals surface area contributed by atoms with E-state index in [1.165, 1.54) is 18.0 Å². The van der Waals surface area contributed by atoms with Crippen LogP contribution in [0.4, 0.5) is 0 Å². The van der Waals surface area contributed by atoms with Crippen LogP contribution in [0.2, 0.25) is 0 Å². The van der Waals surface area contributed by atoms with Gasteiger partial charge in [0.25, 0.3) is 0 Å². The fraction of sp³-hybridized carbons (Fsp3) is 0.250. The number of hydrogen-bond acceptors (Lipinski definition) is 3. The first kappa shape index (κ1) is 19.9. The van der Waals surface area contributed by atoms with Gasteiger partial charge in [0, 0.05) is 37.2 Å². The maximum Gasteiger partial charge on any atom is 0.240 e. The molecule has 0 spiro atoms. The molecule has 1 heterocycles. The lowest BCUT2D eigenvalue weighted by atomic mass is 10.1. The van der Waals surface area contributed by atoms with Crippen molar-refractivity contribution in [2.75, 3.05) is 20.6 Å². The number of guanidine groups is 1. The Labute approximate surface area is 165 Å². The van der Waals surface area contributed by atoms with E-state index in [1.807, 2.05) is 18.3 Å². The molecular formula is C20H25N5O2S. The highest BCUT2D eigenvalue weighted by atomic mass is 32.2. The first-order valence-electron chi connectivity index (χ1n) is 9.05. The smallest absolute Gasteiger partial charge is 0.240 e. The second-order valence-electron chi connectivity index (χ2n) is 6.31. The minimum Gasteiger partial charge on any atom is -0.361 e. The summed E-state index contributed by atoms with van der Waals surface area (Å²) in [6.07, 6.45) is 2.92. The highest BCUT2D eigenvalue weighted by molar-refractivity contribution is 7.89. The minimum atomic E-state index is -3.41. The van der Waals surface area contributed by atoms with Gasteiger partial charge in [-0.25, -0.2) is 13.1 Å². The van der Waals surface area contributed by atoms with Gasteiger partial charge in [-0.3, -0.25) is 4.99 Å². The van der Waals surface area contributed by atoms with E-state index in [-0.39, 0.29) is 4.90 Å². The first-order valence-corrected chi connectivity index (χ1v) is 10.5. The predicted molar refractivity (Wildman–Crippen MR) is 113 cm³/mol. The molecule has 0 amide bonds. The summed E-state index contributed by atoms with van der Waals surface area (Å²) in [7, 11) is -0.284. The second kappa shape index (κ2) is 8.90. The van der Waals surface area contributed by atoms with Crippen molar-refractivity contribution in [3.63, 3.8) is 0 Å². The SMILES string of the molecule is CN=C(NCCc1c[nH]c2ccccc12)NCc1ccc(S(=O)(=O)NC)cc1. The highest BCUT2D eigenvalue weighted by Crippen LogP contribution is 2.17. The largest absolute Gasteiger partial charge is 0.361 e. The summed E-state index contributed by atoms with van der Waals surface area (Å²) >= 11 is 0. The Morgan fingerprint density at radius 3 is 2.54 bits per heavy atom. The molecule has 2 aromatic carbocycles. The van der Waals surface area contributed by atoms with Crippen molar-refractivity contribution in [2.24, 2.45) is 4.99 Å². The molecule has 8 heteroatoms. The molecule has 0 saturated heterocycles. The monoisotopic (exact) mass is 399 g/mol. The Balaban J connectivity index is 1.51. The number of nitrogens with zero attached hydrogens (tertiary/aromatic N) is 1. The number of aromatic amines is 1. The number of H-pyrrole nitrogens is 1. The Bertz CT molecular complexity index is 1060. The molecule has 0 atom stereocenters. The van der Waals surface area contributed by atoms with Gasteiger partial charge < -0.3 is 15.6 Å². The lowest BCUT2D eigenvalue weighted by molar-refractivity contribution is 0.588. The molecule has 3 rings (SSSR count). The number of aromatic nitrogens is 1. The third-order valence-corrected chi connectivity index (χ3v) is 5.98. The zero-order chi connectivity index (χ0) is 20.0. The number of rotatable bonds is 7. The van der Waals surface area contributed by atoms with E-state index in [0.29, 0.717) is 12.5 Å². The van der Waals surface area contributed by atoms with Crippen LogP contribution in [0.3, 0.4) is 0 Å². The van der Waals surface area contributed by atoms with Crippen LogP contribution in [0.25, 0.3) is 10.9 Å². The first-order chi connectivity index (χ1) is 13.5. The van der Waals surface area contributed by atoms with Crippen molar-refractivity contribution in [3.05, 3.63) is 65.9 Å². The normalized spacial score (nSPS) is 12.3. The van der Waals surface area contributed by atoms with Crippen LogP contribution in [0, 0.1) is 0 Å². The molecule has 0 saturated carbocycles. The molecule has 7 nitrogen and oxygen atoms in total. The summed E-state index contributed by atoms with van der Waals surface area (Å²) in [6, 6.07) is 15.0. The summed E-state index contributed by atoms with van der Waals surface area (Å²) in [6.45, 7) is 1.30. The van der Waals surface area contributed by atoms with Crippen molar-refractivity contribution in [2.45, 2.75) is 17.9 Å². The van der Waals surface area contributed by atoms with Crippen LogP contribution in [-0.2, 0) is 23.0 Å². The van der Waals surface area contributed by atoms with Gasteiger partial charge in [-0.1, -0.05) is 30.3 Å². The third kappa shape index (κ3) is 4.71. The Kier molecular flexibility index (Phi) is 6.33. The van der Waals surface area contributed by atoms with E-state index in [1.54, 1.807) is 31.3 Å². The number of para-hydroxylation sites is 1. The van der Waals surface area contributed by atoms with Crippen molar-refractivity contribution in [1.82, 2.24) is 20.3 Å². The lowest BCUT2D eigenvalue weighted by Gasteiger charge is -2.12. The number of benzene rings is 2. The van der Waals surface area contributed by atoms with Gasteiger partial charge >= 0.3 is 0 Å². The van der Waals surface area contributed by atoms with Gasteiger partial charge in [0.05, 0.1) is 4.90 Å². The fourth-order valence-electron chi connectivity index (χ4n) is 2.96. The van der Waals surface area contributed by atoms with Crippen molar-refractivity contribution >= 4 is 26.9 Å². The molecule has 0 aliphatic carbocycles. The summed E-state index contributed by atoms with van der Waals surface area (Å²) in [5.74, 6) is 0.701. The number of nitrogens with one attached hydrogen (secondary N) is 4. The van der Waals surface area contributed by atoms with Crippen LogP contribution < -0.4 is 15.4 Å². The lowest BCUT2D eigenvalue weighted by Crippen LogP contribution is -2.37. The van der Waals surface area contributed by atoms with Gasteiger partial charge in [0.15, 0.2) is 5.96 Å². The molecule has 28 heavy (non-hydrogen) atoms. The quantitative estimate of drug-likeness (QED) is 0.361. The van der Waals surface area contributed by atoms with Crippen molar-refractivity contribution in [1.29, 1.82) is 0 Å². The maximum absolute atomic E-state index is 11.8. The molecule has 0 unspecified atom stereocenters. The van der Waals surface area contributed by atoms with Crippen molar-refractivity contribution < 1.29 is 8.42 Å². The molecule has 0 bridgehead atoms. The standard InChI is InChI=1S/C20H25N5O2S/c1-21-20(23-12-11-16-14-24-19-6-4-3-5-18(16)19)25-13-15-7-9-17(10-8-15)28(26,27)22-2/h3-10,14,22,24H,11-13H2,1-2H3,(H2,21,23,25). The van der Waals surface area contributed by atoms with Gasteiger partial charge in [0.1, 0.15) is 0 Å². The zero-order valence-corrected chi connectivity index (χ0v) is 16.8. The number of sulfonamides is 1. The molecule has 1 aromatic heterocycles. The van der Waals surface area contributed by atoms with E-state index < -0.39 is 10.0 Å². The van der Waals surface area contributed by atoms with Gasteiger partial charge in [-0.05, 0) is 42.8 Å². The van der Waals surface area contributed by atoms with Crippen molar-refractivity contribution in [3.8, 4) is 0 Å². The molecule has 0 aliphatic heterocycles. The minimum absolute atomic E-state index is 0.250. The second-order valence-corrected chi connectivity index (χ2v) is 8.20. The van der Waals surface area contributed by atoms with Crippen LogP contribution in [-0.4, -0.2) is 40.0 Å². The molecule has 0 aliphatic rings. The van der Waals surface area contributed by atoms with E-state index in [4.69, 9.17) is 0 Å². The number of hydrogen-bond donors (Lipinski definition) is 4. The summed E-state index contributed by atoms with van der Waals surface area (Å²) < 4.78 is 25.8. The average molecular weight is 400 g/mol. The predicted octanol–water partition coefficient (Wildman–Crippen LogP) is 1.98. The molecule has 3 aromatic rings. The zero-order valence-electron chi connectivity index (χ0n) is 16.0. The van der Waals surface area contributed by atoms with Crippen LogP contribution in [0.1, 0.15) is 11.1 Å². The topological polar surface area (TPSA) is 98.4 Å². The molecular weight excluding hydrogens is 374 g/mol. The van der Waals surface area contributed by atoms with E-state index in [0.717, 1.165) is 24.0 Å².